The number of furan rings is 2. The number of fused-ring (bicyclic) bond motifs is 2. The molecule has 0 radical (unpaired) electrons. The van der Waals surface area contributed by atoms with Crippen LogP contribution >= 0.6 is 11.3 Å². The molecule has 1 aromatic carbocycles. The van der Waals surface area contributed by atoms with Crippen LogP contribution in [0.5, 0.6) is 0 Å². The summed E-state index contributed by atoms with van der Waals surface area (Å²) in [7, 11) is 0. The highest BCUT2D eigenvalue weighted by molar-refractivity contribution is 7.17. The minimum absolute atomic E-state index is 0.201. The monoisotopic (exact) mass is 448 g/mol. The van der Waals surface area contributed by atoms with Crippen molar-refractivity contribution in [3.63, 3.8) is 0 Å². The normalized spacial score (nSPS) is 13.2. The smallest absolute Gasteiger partial charge is 0.292 e. The molecule has 0 atom stereocenters. The van der Waals surface area contributed by atoms with Crippen LogP contribution in [0.25, 0.3) is 11.0 Å². The number of hydrogen-bond acceptors (Lipinski definition) is 5. The molecule has 0 aliphatic heterocycles. The van der Waals surface area contributed by atoms with Gasteiger partial charge in [0.15, 0.2) is 5.76 Å². The van der Waals surface area contributed by atoms with Gasteiger partial charge >= 0.3 is 0 Å². The molecule has 2 amide bonds. The SMILES string of the molecule is Cc1ccc2oc(C(=O)Nc3sc4c(c3C(=O)NCc3ccco3)CCCC4)c(C)c2c1. The van der Waals surface area contributed by atoms with E-state index in [0.717, 1.165) is 47.8 Å². The van der Waals surface area contributed by atoms with Crippen LogP contribution in [0.4, 0.5) is 5.00 Å². The van der Waals surface area contributed by atoms with E-state index >= 15 is 0 Å². The Morgan fingerprint density at radius 1 is 1.09 bits per heavy atom. The first-order valence-electron chi connectivity index (χ1n) is 10.8. The number of amides is 2. The van der Waals surface area contributed by atoms with Crippen molar-refractivity contribution in [1.29, 1.82) is 0 Å². The van der Waals surface area contributed by atoms with E-state index in [9.17, 15) is 9.59 Å². The van der Waals surface area contributed by atoms with E-state index in [1.165, 1.54) is 16.2 Å². The van der Waals surface area contributed by atoms with Crippen molar-refractivity contribution in [2.24, 2.45) is 0 Å². The number of carbonyl (C=O) groups is 2. The standard InChI is InChI=1S/C25H24N2O4S/c1-14-9-10-19-18(12-14)15(2)22(31-19)24(29)27-25-21(17-7-3-4-8-20(17)32-25)23(28)26-13-16-6-5-11-30-16/h5-6,9-12H,3-4,7-8,13H2,1-2H3,(H,26,28)(H,27,29). The van der Waals surface area contributed by atoms with Crippen LogP contribution in [-0.4, -0.2) is 11.8 Å². The van der Waals surface area contributed by atoms with E-state index in [2.05, 4.69) is 10.6 Å². The van der Waals surface area contributed by atoms with Crippen LogP contribution in [0.1, 0.15) is 61.1 Å². The van der Waals surface area contributed by atoms with Gasteiger partial charge in [0, 0.05) is 15.8 Å². The first kappa shape index (κ1) is 20.6. The van der Waals surface area contributed by atoms with Gasteiger partial charge in [0.2, 0.25) is 0 Å². The van der Waals surface area contributed by atoms with Crippen LogP contribution in [0.15, 0.2) is 45.4 Å². The molecule has 0 saturated heterocycles. The lowest BCUT2D eigenvalue weighted by Crippen LogP contribution is -2.25. The molecule has 32 heavy (non-hydrogen) atoms. The zero-order valence-corrected chi connectivity index (χ0v) is 18.9. The van der Waals surface area contributed by atoms with Gasteiger partial charge in [0.25, 0.3) is 11.8 Å². The van der Waals surface area contributed by atoms with E-state index in [1.807, 2.05) is 38.1 Å². The van der Waals surface area contributed by atoms with Gasteiger partial charge in [-0.15, -0.1) is 11.3 Å². The molecule has 7 heteroatoms. The molecule has 0 unspecified atom stereocenters. The highest BCUT2D eigenvalue weighted by Gasteiger charge is 2.28. The Morgan fingerprint density at radius 2 is 1.94 bits per heavy atom. The fourth-order valence-electron chi connectivity index (χ4n) is 4.27. The molecule has 1 aliphatic rings. The molecular formula is C25H24N2O4S. The van der Waals surface area contributed by atoms with Crippen molar-refractivity contribution in [3.8, 4) is 0 Å². The minimum atomic E-state index is -0.338. The van der Waals surface area contributed by atoms with Crippen LogP contribution in [0.2, 0.25) is 0 Å². The van der Waals surface area contributed by atoms with E-state index < -0.39 is 0 Å². The first-order valence-corrected chi connectivity index (χ1v) is 11.6. The average Bonchev–Trinajstić information content (AvgIpc) is 3.50. The summed E-state index contributed by atoms with van der Waals surface area (Å²) in [6, 6.07) is 9.46. The maximum Gasteiger partial charge on any atom is 0.292 e. The fraction of sp³-hybridized carbons (Fsp3) is 0.280. The number of carbonyl (C=O) groups excluding carboxylic acids is 2. The van der Waals surface area contributed by atoms with Crippen LogP contribution in [0, 0.1) is 13.8 Å². The highest BCUT2D eigenvalue weighted by atomic mass is 32.1. The van der Waals surface area contributed by atoms with Gasteiger partial charge in [-0.1, -0.05) is 11.6 Å². The average molecular weight is 449 g/mol. The Morgan fingerprint density at radius 3 is 2.75 bits per heavy atom. The second-order valence-electron chi connectivity index (χ2n) is 8.19. The number of nitrogens with one attached hydrogen (secondary N) is 2. The van der Waals surface area contributed by atoms with Crippen molar-refractivity contribution in [3.05, 3.63) is 75.2 Å². The third kappa shape index (κ3) is 3.73. The summed E-state index contributed by atoms with van der Waals surface area (Å²) in [5.74, 6) is 0.420. The molecule has 164 valence electrons. The fourth-order valence-corrected chi connectivity index (χ4v) is 5.56. The van der Waals surface area contributed by atoms with Gasteiger partial charge in [0.1, 0.15) is 16.3 Å². The molecule has 0 bridgehead atoms. The van der Waals surface area contributed by atoms with Crippen molar-refractivity contribution < 1.29 is 18.4 Å². The number of aryl methyl sites for hydroxylation is 3. The molecule has 5 rings (SSSR count). The third-order valence-corrected chi connectivity index (χ3v) is 7.13. The maximum atomic E-state index is 13.2. The largest absolute Gasteiger partial charge is 0.467 e. The summed E-state index contributed by atoms with van der Waals surface area (Å²) in [5, 5.41) is 7.41. The minimum Gasteiger partial charge on any atom is -0.467 e. The molecule has 1 aliphatic carbocycles. The lowest BCUT2D eigenvalue weighted by atomic mass is 9.95. The second-order valence-corrected chi connectivity index (χ2v) is 9.29. The first-order chi connectivity index (χ1) is 15.5. The van der Waals surface area contributed by atoms with Gasteiger partial charge in [-0.3, -0.25) is 9.59 Å². The van der Waals surface area contributed by atoms with Crippen molar-refractivity contribution in [1.82, 2.24) is 5.32 Å². The number of anilines is 1. The zero-order valence-electron chi connectivity index (χ0n) is 18.0. The maximum absolute atomic E-state index is 13.2. The summed E-state index contributed by atoms with van der Waals surface area (Å²) < 4.78 is 11.2. The molecule has 2 N–H and O–H groups in total. The molecule has 0 fully saturated rings. The predicted octanol–water partition coefficient (Wildman–Crippen LogP) is 5.77. The molecule has 3 aromatic heterocycles. The summed E-state index contributed by atoms with van der Waals surface area (Å²) in [6.07, 6.45) is 5.48. The molecule has 0 saturated carbocycles. The van der Waals surface area contributed by atoms with Crippen molar-refractivity contribution in [2.45, 2.75) is 46.1 Å². The number of hydrogen-bond donors (Lipinski definition) is 2. The molecular weight excluding hydrogens is 424 g/mol. The summed E-state index contributed by atoms with van der Waals surface area (Å²) >= 11 is 1.49. The second kappa shape index (κ2) is 8.31. The summed E-state index contributed by atoms with van der Waals surface area (Å²) in [4.78, 5) is 27.5. The van der Waals surface area contributed by atoms with Gasteiger partial charge < -0.3 is 19.5 Å². The van der Waals surface area contributed by atoms with Crippen LogP contribution < -0.4 is 10.6 Å². The summed E-state index contributed by atoms with van der Waals surface area (Å²) in [5.41, 5.74) is 4.20. The summed E-state index contributed by atoms with van der Waals surface area (Å²) in [6.45, 7) is 4.19. The lowest BCUT2D eigenvalue weighted by molar-refractivity contribution is 0.0948. The Bertz CT molecular complexity index is 1310. The topological polar surface area (TPSA) is 84.5 Å². The zero-order chi connectivity index (χ0) is 22.2. The molecule has 0 spiro atoms. The van der Waals surface area contributed by atoms with Crippen LogP contribution in [-0.2, 0) is 19.4 Å². The van der Waals surface area contributed by atoms with Crippen molar-refractivity contribution in [2.75, 3.05) is 5.32 Å². The predicted molar refractivity (Wildman–Crippen MR) is 124 cm³/mol. The Balaban J connectivity index is 1.45. The van der Waals surface area contributed by atoms with E-state index in [0.29, 0.717) is 28.5 Å². The Kier molecular flexibility index (Phi) is 5.35. The van der Waals surface area contributed by atoms with Gasteiger partial charge in [-0.25, -0.2) is 0 Å². The van der Waals surface area contributed by atoms with Crippen LogP contribution in [0.3, 0.4) is 0 Å². The van der Waals surface area contributed by atoms with Gasteiger partial charge in [-0.05, 0) is 69.4 Å². The number of thiophene rings is 1. The third-order valence-electron chi connectivity index (χ3n) is 5.93. The molecule has 3 heterocycles. The number of benzene rings is 1. The van der Waals surface area contributed by atoms with E-state index in [1.54, 1.807) is 12.3 Å². The lowest BCUT2D eigenvalue weighted by Gasteiger charge is -2.13. The quantitative estimate of drug-likeness (QED) is 0.406. The van der Waals surface area contributed by atoms with Gasteiger partial charge in [0.05, 0.1) is 18.4 Å². The van der Waals surface area contributed by atoms with Gasteiger partial charge in [-0.2, -0.15) is 0 Å². The van der Waals surface area contributed by atoms with Crippen molar-refractivity contribution >= 4 is 39.1 Å². The molecule has 6 nitrogen and oxygen atoms in total. The van der Waals surface area contributed by atoms with E-state index in [4.69, 9.17) is 8.83 Å². The Hall–Kier alpha value is -3.32. The number of rotatable bonds is 5. The highest BCUT2D eigenvalue weighted by Crippen LogP contribution is 2.39. The van der Waals surface area contributed by atoms with E-state index in [-0.39, 0.29) is 17.6 Å². The molecule has 4 aromatic rings. The Labute approximate surface area is 189 Å².